The number of rotatable bonds is 5. The normalized spacial score (nSPS) is 17.6. The first-order valence-electron chi connectivity index (χ1n) is 9.17. The zero-order valence-electron chi connectivity index (χ0n) is 14.9. The molecular formula is C22H21Cl2NO2. The average Bonchev–Trinajstić information content (AvgIpc) is 2.99. The van der Waals surface area contributed by atoms with E-state index in [-0.39, 0.29) is 18.8 Å². The second-order valence-electron chi connectivity index (χ2n) is 7.25. The molecule has 3 nitrogen and oxygen atoms in total. The number of Topliss-reactive ketones (excluding diaryl/α,β-unsaturated/α-hetero) is 1. The highest BCUT2D eigenvalue weighted by atomic mass is 35.5. The fraction of sp³-hybridized carbons (Fsp3) is 0.318. The third-order valence-corrected chi connectivity index (χ3v) is 5.99. The van der Waals surface area contributed by atoms with Crippen LogP contribution in [0, 0.1) is 0 Å². The summed E-state index contributed by atoms with van der Waals surface area (Å²) in [6.07, 6.45) is 2.06. The Morgan fingerprint density at radius 3 is 2.74 bits per heavy atom. The van der Waals surface area contributed by atoms with Gasteiger partial charge in [-0.3, -0.25) is 9.69 Å². The van der Waals surface area contributed by atoms with E-state index in [0.717, 1.165) is 30.0 Å². The molecule has 0 radical (unpaired) electrons. The Kier molecular flexibility index (Phi) is 5.38. The van der Waals surface area contributed by atoms with Gasteiger partial charge in [0, 0.05) is 29.6 Å². The number of fused-ring (bicyclic) bond motifs is 2. The first kappa shape index (κ1) is 18.7. The topological polar surface area (TPSA) is 40.5 Å². The van der Waals surface area contributed by atoms with Crippen LogP contribution in [0.4, 0.5) is 0 Å². The summed E-state index contributed by atoms with van der Waals surface area (Å²) in [5.74, 6) is 0.0300. The molecule has 0 spiro atoms. The molecule has 2 aromatic carbocycles. The maximum absolute atomic E-state index is 12.8. The highest BCUT2D eigenvalue weighted by Crippen LogP contribution is 2.39. The van der Waals surface area contributed by atoms with Crippen molar-refractivity contribution in [2.24, 2.45) is 0 Å². The van der Waals surface area contributed by atoms with E-state index in [4.69, 9.17) is 23.2 Å². The Labute approximate surface area is 169 Å². The minimum Gasteiger partial charge on any atom is -0.394 e. The molecule has 2 aliphatic rings. The van der Waals surface area contributed by atoms with Crippen molar-refractivity contribution in [2.75, 3.05) is 19.7 Å². The minimum atomic E-state index is -0.481. The average molecular weight is 402 g/mol. The fourth-order valence-corrected chi connectivity index (χ4v) is 4.59. The summed E-state index contributed by atoms with van der Waals surface area (Å²) in [5, 5.41) is 11.3. The molecule has 0 aromatic heterocycles. The number of nitrogens with zero attached hydrogens (tertiary/aromatic N) is 1. The summed E-state index contributed by atoms with van der Waals surface area (Å²) < 4.78 is 0. The second kappa shape index (κ2) is 7.76. The molecule has 1 aliphatic heterocycles. The van der Waals surface area contributed by atoms with Crippen molar-refractivity contribution in [1.82, 2.24) is 4.90 Å². The van der Waals surface area contributed by atoms with Gasteiger partial charge in [0.2, 0.25) is 0 Å². The number of carbonyl (C=O) groups is 1. The van der Waals surface area contributed by atoms with Gasteiger partial charge in [0.05, 0.1) is 12.6 Å². The SMILES string of the molecule is O=C(Cc1cccc(Cl)c1)C(CO)N1CCC2=C(Cc3ccc(Cl)cc32)C1. The summed E-state index contributed by atoms with van der Waals surface area (Å²) in [7, 11) is 0. The molecule has 2 aromatic rings. The highest BCUT2D eigenvalue weighted by molar-refractivity contribution is 6.31. The fourth-order valence-electron chi connectivity index (χ4n) is 4.21. The lowest BCUT2D eigenvalue weighted by molar-refractivity contribution is -0.125. The van der Waals surface area contributed by atoms with Crippen LogP contribution in [-0.4, -0.2) is 41.5 Å². The van der Waals surface area contributed by atoms with Crippen molar-refractivity contribution in [1.29, 1.82) is 0 Å². The number of carbonyl (C=O) groups excluding carboxylic acids is 1. The van der Waals surface area contributed by atoms with Gasteiger partial charge in [-0.25, -0.2) is 0 Å². The Hall–Kier alpha value is -1.65. The van der Waals surface area contributed by atoms with Crippen LogP contribution in [0.3, 0.4) is 0 Å². The molecule has 0 fully saturated rings. The van der Waals surface area contributed by atoms with E-state index in [9.17, 15) is 9.90 Å². The summed E-state index contributed by atoms with van der Waals surface area (Å²) in [6.45, 7) is 1.31. The molecule has 27 heavy (non-hydrogen) atoms. The molecule has 1 N–H and O–H groups in total. The molecule has 0 bridgehead atoms. The van der Waals surface area contributed by atoms with Gasteiger partial charge in [0.25, 0.3) is 0 Å². The Bertz CT molecular complexity index is 922. The van der Waals surface area contributed by atoms with Gasteiger partial charge in [-0.2, -0.15) is 0 Å². The van der Waals surface area contributed by atoms with Crippen molar-refractivity contribution in [3.05, 3.63) is 74.8 Å². The van der Waals surface area contributed by atoms with E-state index in [1.165, 1.54) is 22.3 Å². The molecule has 4 rings (SSSR count). The van der Waals surface area contributed by atoms with Crippen LogP contribution in [-0.2, 0) is 17.6 Å². The van der Waals surface area contributed by atoms with E-state index < -0.39 is 6.04 Å². The van der Waals surface area contributed by atoms with Crippen molar-refractivity contribution < 1.29 is 9.90 Å². The maximum Gasteiger partial charge on any atom is 0.156 e. The van der Waals surface area contributed by atoms with Crippen molar-refractivity contribution in [2.45, 2.75) is 25.3 Å². The Balaban J connectivity index is 1.49. The predicted molar refractivity (Wildman–Crippen MR) is 109 cm³/mol. The number of aliphatic hydroxyl groups is 1. The first-order chi connectivity index (χ1) is 13.0. The summed E-state index contributed by atoms with van der Waals surface area (Å²) in [4.78, 5) is 14.9. The summed E-state index contributed by atoms with van der Waals surface area (Å²) in [6, 6.07) is 12.9. The van der Waals surface area contributed by atoms with E-state index in [1.807, 2.05) is 30.3 Å². The van der Waals surface area contributed by atoms with Crippen LogP contribution in [0.2, 0.25) is 10.0 Å². The second-order valence-corrected chi connectivity index (χ2v) is 8.13. The lowest BCUT2D eigenvalue weighted by atomic mass is 9.96. The van der Waals surface area contributed by atoms with E-state index in [2.05, 4.69) is 11.0 Å². The van der Waals surface area contributed by atoms with Crippen LogP contribution in [0.5, 0.6) is 0 Å². The number of hydrogen-bond donors (Lipinski definition) is 1. The van der Waals surface area contributed by atoms with Crippen LogP contribution in [0.15, 0.2) is 48.0 Å². The van der Waals surface area contributed by atoms with Gasteiger partial charge in [0.15, 0.2) is 5.78 Å². The molecule has 1 heterocycles. The molecule has 0 amide bonds. The van der Waals surface area contributed by atoms with Gasteiger partial charge in [-0.05, 0) is 64.9 Å². The maximum atomic E-state index is 12.8. The van der Waals surface area contributed by atoms with Gasteiger partial charge in [-0.15, -0.1) is 0 Å². The standard InChI is InChI=1S/C22H21Cl2NO2/c23-17-3-1-2-14(8-17)9-22(27)21(13-26)25-7-6-19-16(12-25)10-15-4-5-18(24)11-20(15)19/h1-5,8,11,21,26H,6-7,9-10,12-13H2. The highest BCUT2D eigenvalue weighted by Gasteiger charge is 2.32. The third kappa shape index (κ3) is 3.83. The van der Waals surface area contributed by atoms with Crippen LogP contribution >= 0.6 is 23.2 Å². The first-order valence-corrected chi connectivity index (χ1v) is 9.92. The quantitative estimate of drug-likeness (QED) is 0.816. The number of ketones is 1. The molecule has 140 valence electrons. The molecular weight excluding hydrogens is 381 g/mol. The predicted octanol–water partition coefficient (Wildman–Crippen LogP) is 4.18. The van der Waals surface area contributed by atoms with E-state index in [1.54, 1.807) is 6.07 Å². The molecule has 0 saturated carbocycles. The molecule has 1 aliphatic carbocycles. The Morgan fingerprint density at radius 1 is 1.15 bits per heavy atom. The lowest BCUT2D eigenvalue weighted by Gasteiger charge is -2.34. The zero-order valence-corrected chi connectivity index (χ0v) is 16.4. The molecule has 0 saturated heterocycles. The number of hydrogen-bond acceptors (Lipinski definition) is 3. The number of benzene rings is 2. The molecule has 1 atom stereocenters. The monoisotopic (exact) mass is 401 g/mol. The van der Waals surface area contributed by atoms with E-state index >= 15 is 0 Å². The van der Waals surface area contributed by atoms with Gasteiger partial charge < -0.3 is 5.11 Å². The largest absolute Gasteiger partial charge is 0.394 e. The smallest absolute Gasteiger partial charge is 0.156 e. The van der Waals surface area contributed by atoms with E-state index in [0.29, 0.717) is 11.6 Å². The van der Waals surface area contributed by atoms with Gasteiger partial charge >= 0.3 is 0 Å². The van der Waals surface area contributed by atoms with Crippen LogP contribution in [0.25, 0.3) is 5.57 Å². The minimum absolute atomic E-state index is 0.0300. The van der Waals surface area contributed by atoms with Crippen LogP contribution < -0.4 is 0 Å². The van der Waals surface area contributed by atoms with Crippen LogP contribution in [0.1, 0.15) is 23.1 Å². The van der Waals surface area contributed by atoms with Crippen molar-refractivity contribution in [3.8, 4) is 0 Å². The van der Waals surface area contributed by atoms with Gasteiger partial charge in [0.1, 0.15) is 0 Å². The lowest BCUT2D eigenvalue weighted by Crippen LogP contribution is -2.47. The number of aliphatic hydroxyl groups excluding tert-OH is 1. The molecule has 1 unspecified atom stereocenters. The van der Waals surface area contributed by atoms with Crippen molar-refractivity contribution in [3.63, 3.8) is 0 Å². The van der Waals surface area contributed by atoms with Gasteiger partial charge in [-0.1, -0.05) is 41.4 Å². The number of halogens is 2. The Morgan fingerprint density at radius 2 is 1.96 bits per heavy atom. The summed E-state index contributed by atoms with van der Waals surface area (Å²) >= 11 is 12.2. The molecule has 5 heteroatoms. The zero-order chi connectivity index (χ0) is 19.0. The third-order valence-electron chi connectivity index (χ3n) is 5.52. The summed E-state index contributed by atoms with van der Waals surface area (Å²) in [5.41, 5.74) is 6.14. The van der Waals surface area contributed by atoms with Crippen molar-refractivity contribution >= 4 is 34.6 Å².